The predicted molar refractivity (Wildman–Crippen MR) is 114 cm³/mol. The number of nitrogens with zero attached hydrogens (tertiary/aromatic N) is 1. The SMILES string of the molecule is COc1ccc(-c2nc(CS(=O)(=O)CC(=O)NCc3ccc(Cl)cc3)c(C)o2)cc1. The van der Waals surface area contributed by atoms with Gasteiger partial charge in [-0.25, -0.2) is 13.4 Å². The lowest BCUT2D eigenvalue weighted by molar-refractivity contribution is -0.118. The van der Waals surface area contributed by atoms with Crippen molar-refractivity contribution in [3.8, 4) is 17.2 Å². The highest BCUT2D eigenvalue weighted by Crippen LogP contribution is 2.25. The highest BCUT2D eigenvalue weighted by molar-refractivity contribution is 7.91. The van der Waals surface area contributed by atoms with Crippen LogP contribution < -0.4 is 10.1 Å². The van der Waals surface area contributed by atoms with Crippen LogP contribution in [0.1, 0.15) is 17.0 Å². The molecule has 0 aliphatic heterocycles. The molecule has 0 fully saturated rings. The van der Waals surface area contributed by atoms with Gasteiger partial charge in [-0.2, -0.15) is 0 Å². The first kappa shape index (κ1) is 21.9. The third kappa shape index (κ3) is 5.84. The summed E-state index contributed by atoms with van der Waals surface area (Å²) in [7, 11) is -2.15. The van der Waals surface area contributed by atoms with Crippen molar-refractivity contribution in [3.05, 3.63) is 70.6 Å². The third-order valence-electron chi connectivity index (χ3n) is 4.34. The van der Waals surface area contributed by atoms with Gasteiger partial charge in [-0.15, -0.1) is 0 Å². The van der Waals surface area contributed by atoms with Crippen molar-refractivity contribution in [2.45, 2.75) is 19.2 Å². The zero-order valence-electron chi connectivity index (χ0n) is 16.5. The number of methoxy groups -OCH3 is 1. The van der Waals surface area contributed by atoms with E-state index in [2.05, 4.69) is 10.3 Å². The number of carbonyl (C=O) groups is 1. The van der Waals surface area contributed by atoms with Gasteiger partial charge >= 0.3 is 0 Å². The Kier molecular flexibility index (Phi) is 6.79. The Bertz CT molecular complexity index is 1120. The van der Waals surface area contributed by atoms with Crippen LogP contribution in [0.15, 0.2) is 52.9 Å². The average Bonchev–Trinajstić information content (AvgIpc) is 3.07. The summed E-state index contributed by atoms with van der Waals surface area (Å²) in [6.07, 6.45) is 0. The summed E-state index contributed by atoms with van der Waals surface area (Å²) >= 11 is 5.82. The van der Waals surface area contributed by atoms with Crippen LogP contribution in [0.25, 0.3) is 11.5 Å². The Morgan fingerprint density at radius 3 is 2.43 bits per heavy atom. The monoisotopic (exact) mass is 448 g/mol. The quantitative estimate of drug-likeness (QED) is 0.566. The van der Waals surface area contributed by atoms with Crippen molar-refractivity contribution in [3.63, 3.8) is 0 Å². The molecule has 1 N–H and O–H groups in total. The highest BCUT2D eigenvalue weighted by Gasteiger charge is 2.22. The molecule has 30 heavy (non-hydrogen) atoms. The van der Waals surface area contributed by atoms with Crippen molar-refractivity contribution in [1.82, 2.24) is 10.3 Å². The minimum atomic E-state index is -3.72. The molecular weight excluding hydrogens is 428 g/mol. The van der Waals surface area contributed by atoms with E-state index in [0.717, 1.165) is 5.56 Å². The first-order valence-electron chi connectivity index (χ1n) is 9.08. The molecule has 0 aliphatic rings. The fourth-order valence-electron chi connectivity index (χ4n) is 2.73. The van der Waals surface area contributed by atoms with Crippen LogP contribution in [0.5, 0.6) is 5.75 Å². The largest absolute Gasteiger partial charge is 0.497 e. The number of halogens is 1. The maximum atomic E-state index is 12.5. The second kappa shape index (κ2) is 9.32. The van der Waals surface area contributed by atoms with E-state index in [1.54, 1.807) is 62.6 Å². The minimum Gasteiger partial charge on any atom is -0.497 e. The number of nitrogens with one attached hydrogen (secondary N) is 1. The minimum absolute atomic E-state index is 0.218. The number of oxazole rings is 1. The smallest absolute Gasteiger partial charge is 0.235 e. The lowest BCUT2D eigenvalue weighted by Crippen LogP contribution is -2.30. The molecule has 0 unspecified atom stereocenters. The van der Waals surface area contributed by atoms with Crippen LogP contribution in [-0.2, 0) is 26.9 Å². The van der Waals surface area contributed by atoms with Gasteiger partial charge < -0.3 is 14.5 Å². The van der Waals surface area contributed by atoms with Gasteiger partial charge in [0.25, 0.3) is 0 Å². The van der Waals surface area contributed by atoms with E-state index in [4.69, 9.17) is 20.8 Å². The lowest BCUT2D eigenvalue weighted by Gasteiger charge is -2.06. The Balaban J connectivity index is 1.62. The first-order chi connectivity index (χ1) is 14.3. The van der Waals surface area contributed by atoms with Gasteiger partial charge in [0.15, 0.2) is 9.84 Å². The lowest BCUT2D eigenvalue weighted by atomic mass is 10.2. The Labute approximate surface area is 180 Å². The fraction of sp³-hybridized carbons (Fsp3) is 0.238. The van der Waals surface area contributed by atoms with E-state index in [1.165, 1.54) is 0 Å². The van der Waals surface area contributed by atoms with Gasteiger partial charge in [-0.3, -0.25) is 4.79 Å². The molecule has 1 heterocycles. The molecule has 9 heteroatoms. The molecule has 158 valence electrons. The molecule has 2 aromatic carbocycles. The number of hydrogen-bond acceptors (Lipinski definition) is 6. The number of amides is 1. The van der Waals surface area contributed by atoms with Crippen LogP contribution in [0.4, 0.5) is 0 Å². The van der Waals surface area contributed by atoms with E-state index in [1.807, 2.05) is 0 Å². The molecule has 0 spiro atoms. The zero-order chi connectivity index (χ0) is 21.7. The summed E-state index contributed by atoms with van der Waals surface area (Å²) in [4.78, 5) is 16.4. The Morgan fingerprint density at radius 1 is 1.13 bits per heavy atom. The molecule has 0 saturated carbocycles. The van der Waals surface area contributed by atoms with Crippen molar-refractivity contribution in [2.24, 2.45) is 0 Å². The topological polar surface area (TPSA) is 98.5 Å². The van der Waals surface area contributed by atoms with Gasteiger partial charge in [-0.1, -0.05) is 23.7 Å². The number of rotatable bonds is 8. The normalized spacial score (nSPS) is 11.3. The standard InChI is InChI=1S/C21H21ClN2O5S/c1-14-19(24-21(29-14)16-5-9-18(28-2)10-6-16)12-30(26,27)13-20(25)23-11-15-3-7-17(22)8-4-15/h3-10H,11-13H2,1-2H3,(H,23,25). The van der Waals surface area contributed by atoms with Gasteiger partial charge in [0.1, 0.15) is 17.3 Å². The van der Waals surface area contributed by atoms with Crippen LogP contribution >= 0.6 is 11.6 Å². The van der Waals surface area contributed by atoms with Crippen molar-refractivity contribution in [2.75, 3.05) is 12.9 Å². The summed E-state index contributed by atoms with van der Waals surface area (Å²) in [6.45, 7) is 1.86. The van der Waals surface area contributed by atoms with Crippen molar-refractivity contribution >= 4 is 27.3 Å². The highest BCUT2D eigenvalue weighted by atomic mass is 35.5. The van der Waals surface area contributed by atoms with Gasteiger partial charge in [0.05, 0.1) is 18.6 Å². The summed E-state index contributed by atoms with van der Waals surface area (Å²) in [5.74, 6) is -0.202. The maximum absolute atomic E-state index is 12.5. The number of hydrogen-bond donors (Lipinski definition) is 1. The molecule has 0 bridgehead atoms. The molecule has 3 rings (SSSR count). The molecule has 0 atom stereocenters. The van der Waals surface area contributed by atoms with E-state index in [9.17, 15) is 13.2 Å². The van der Waals surface area contributed by atoms with Crippen LogP contribution in [0, 0.1) is 6.92 Å². The summed E-state index contributed by atoms with van der Waals surface area (Å²) in [6, 6.07) is 14.0. The second-order valence-corrected chi connectivity index (χ2v) is 9.19. The van der Waals surface area contributed by atoms with E-state index in [-0.39, 0.29) is 18.0 Å². The number of benzene rings is 2. The van der Waals surface area contributed by atoms with Crippen molar-refractivity contribution in [1.29, 1.82) is 0 Å². The van der Waals surface area contributed by atoms with E-state index >= 15 is 0 Å². The fourth-order valence-corrected chi connectivity index (χ4v) is 4.15. The van der Waals surface area contributed by atoms with Crippen LogP contribution in [0.2, 0.25) is 5.02 Å². The van der Waals surface area contributed by atoms with Gasteiger partial charge in [0.2, 0.25) is 11.8 Å². The van der Waals surface area contributed by atoms with Gasteiger partial charge in [0, 0.05) is 17.1 Å². The summed E-state index contributed by atoms with van der Waals surface area (Å²) in [5, 5.41) is 3.19. The van der Waals surface area contributed by atoms with E-state index in [0.29, 0.717) is 28.0 Å². The average molecular weight is 449 g/mol. The number of sulfone groups is 1. The summed E-state index contributed by atoms with van der Waals surface area (Å²) in [5.41, 5.74) is 1.80. The first-order valence-corrected chi connectivity index (χ1v) is 11.3. The molecule has 0 saturated heterocycles. The van der Waals surface area contributed by atoms with Crippen molar-refractivity contribution < 1.29 is 22.4 Å². The van der Waals surface area contributed by atoms with Crippen LogP contribution in [0.3, 0.4) is 0 Å². The third-order valence-corrected chi connectivity index (χ3v) is 6.01. The number of carbonyl (C=O) groups excluding carboxylic acids is 1. The summed E-state index contributed by atoms with van der Waals surface area (Å²) < 4.78 is 35.7. The Hall–Kier alpha value is -2.84. The van der Waals surface area contributed by atoms with E-state index < -0.39 is 21.5 Å². The maximum Gasteiger partial charge on any atom is 0.235 e. The Morgan fingerprint density at radius 2 is 1.80 bits per heavy atom. The van der Waals surface area contributed by atoms with Crippen LogP contribution in [-0.4, -0.2) is 32.2 Å². The zero-order valence-corrected chi connectivity index (χ0v) is 18.1. The van der Waals surface area contributed by atoms with Gasteiger partial charge in [-0.05, 0) is 48.9 Å². The molecular formula is C21H21ClN2O5S. The number of aryl methyl sites for hydroxylation is 1. The molecule has 1 amide bonds. The predicted octanol–water partition coefficient (Wildman–Crippen LogP) is 3.54. The number of aromatic nitrogens is 1. The number of ether oxygens (including phenoxy) is 1. The molecule has 0 aliphatic carbocycles. The molecule has 3 aromatic rings. The molecule has 1 aromatic heterocycles. The molecule has 7 nitrogen and oxygen atoms in total. The molecule has 0 radical (unpaired) electrons. The second-order valence-electron chi connectivity index (χ2n) is 6.69.